The zero-order valence-electron chi connectivity index (χ0n) is 11.8. The van der Waals surface area contributed by atoms with Crippen LogP contribution in [-0.2, 0) is 6.54 Å². The van der Waals surface area contributed by atoms with Crippen LogP contribution in [0.5, 0.6) is 5.75 Å². The number of halogens is 3. The molecule has 0 spiro atoms. The molecule has 1 aromatic rings. The van der Waals surface area contributed by atoms with Crippen LogP contribution in [0.1, 0.15) is 18.4 Å². The molecule has 0 aliphatic rings. The van der Waals surface area contributed by atoms with Gasteiger partial charge in [-0.05, 0) is 58.2 Å². The molecule has 1 rings (SSSR count). The third kappa shape index (κ3) is 7.17. The molecule has 0 aliphatic carbocycles. The molecule has 1 N–H and O–H groups in total. The molecule has 0 amide bonds. The van der Waals surface area contributed by atoms with E-state index in [-0.39, 0.29) is 5.75 Å². The number of hydrogen-bond donors (Lipinski definition) is 1. The van der Waals surface area contributed by atoms with Gasteiger partial charge in [-0.2, -0.15) is 8.78 Å². The maximum atomic E-state index is 12.3. The highest BCUT2D eigenvalue weighted by atomic mass is 79.9. The van der Waals surface area contributed by atoms with Crippen LogP contribution in [0.15, 0.2) is 22.7 Å². The van der Waals surface area contributed by atoms with Gasteiger partial charge >= 0.3 is 6.61 Å². The van der Waals surface area contributed by atoms with Crippen LogP contribution >= 0.6 is 15.9 Å². The fourth-order valence-corrected chi connectivity index (χ4v) is 2.21. The fraction of sp³-hybridized carbons (Fsp3) is 0.571. The van der Waals surface area contributed by atoms with Crippen molar-refractivity contribution in [3.8, 4) is 5.75 Å². The number of nitrogens with zero attached hydrogens (tertiary/aromatic N) is 1. The van der Waals surface area contributed by atoms with Crippen molar-refractivity contribution in [2.24, 2.45) is 0 Å². The van der Waals surface area contributed by atoms with E-state index in [9.17, 15) is 8.78 Å². The summed E-state index contributed by atoms with van der Waals surface area (Å²) in [6.45, 7) is -0.369. The minimum atomic E-state index is -2.80. The van der Waals surface area contributed by atoms with Crippen molar-refractivity contribution in [3.05, 3.63) is 28.2 Å². The number of unbranched alkanes of at least 4 members (excludes halogenated alkanes) is 1. The second-order valence-corrected chi connectivity index (χ2v) is 5.73. The summed E-state index contributed by atoms with van der Waals surface area (Å²) in [7, 11) is 4.09. The van der Waals surface area contributed by atoms with Crippen LogP contribution in [0, 0.1) is 0 Å². The first-order valence-electron chi connectivity index (χ1n) is 6.57. The lowest BCUT2D eigenvalue weighted by Gasteiger charge is -2.12. The number of rotatable bonds is 9. The first kappa shape index (κ1) is 17.3. The Morgan fingerprint density at radius 2 is 2.05 bits per heavy atom. The Morgan fingerprint density at radius 1 is 1.30 bits per heavy atom. The Labute approximate surface area is 127 Å². The maximum Gasteiger partial charge on any atom is 0.387 e. The van der Waals surface area contributed by atoms with Crippen molar-refractivity contribution in [1.29, 1.82) is 0 Å². The number of nitrogens with one attached hydrogen (secondary N) is 1. The minimum Gasteiger partial charge on any atom is -0.434 e. The SMILES string of the molecule is CN(C)CCCCNCc1cc(Br)ccc1OC(F)F. The largest absolute Gasteiger partial charge is 0.434 e. The maximum absolute atomic E-state index is 12.3. The highest BCUT2D eigenvalue weighted by molar-refractivity contribution is 9.10. The van der Waals surface area contributed by atoms with E-state index in [0.717, 1.165) is 36.0 Å². The Hall–Kier alpha value is -0.720. The standard InChI is InChI=1S/C14H21BrF2N2O/c1-19(2)8-4-3-7-18-10-11-9-12(15)5-6-13(11)20-14(16)17/h5-6,9,14,18H,3-4,7-8,10H2,1-2H3. The molecule has 0 fully saturated rings. The van der Waals surface area contributed by atoms with Crippen molar-refractivity contribution in [1.82, 2.24) is 10.2 Å². The van der Waals surface area contributed by atoms with Crippen molar-refractivity contribution < 1.29 is 13.5 Å². The van der Waals surface area contributed by atoms with Crippen LogP contribution in [0.4, 0.5) is 8.78 Å². The highest BCUT2D eigenvalue weighted by Gasteiger charge is 2.09. The van der Waals surface area contributed by atoms with Crippen LogP contribution in [0.3, 0.4) is 0 Å². The molecule has 114 valence electrons. The summed E-state index contributed by atoms with van der Waals surface area (Å²) in [5.41, 5.74) is 0.729. The summed E-state index contributed by atoms with van der Waals surface area (Å²) < 4.78 is 30.0. The Morgan fingerprint density at radius 3 is 2.70 bits per heavy atom. The van der Waals surface area contributed by atoms with Crippen LogP contribution in [0.2, 0.25) is 0 Å². The first-order chi connectivity index (χ1) is 9.49. The van der Waals surface area contributed by atoms with Gasteiger partial charge in [0.1, 0.15) is 5.75 Å². The zero-order valence-corrected chi connectivity index (χ0v) is 13.4. The third-order valence-electron chi connectivity index (χ3n) is 2.76. The molecular formula is C14H21BrF2N2O. The molecule has 6 heteroatoms. The van der Waals surface area contributed by atoms with E-state index in [1.807, 2.05) is 14.1 Å². The molecule has 0 bridgehead atoms. The third-order valence-corrected chi connectivity index (χ3v) is 3.26. The van der Waals surface area contributed by atoms with Gasteiger partial charge in [-0.25, -0.2) is 0 Å². The molecule has 0 radical (unpaired) electrons. The average molecular weight is 351 g/mol. The summed E-state index contributed by atoms with van der Waals surface area (Å²) >= 11 is 3.34. The molecule has 0 unspecified atom stereocenters. The van der Waals surface area contributed by atoms with Crippen LogP contribution in [-0.4, -0.2) is 38.7 Å². The molecular weight excluding hydrogens is 330 g/mol. The van der Waals surface area contributed by atoms with Crippen LogP contribution in [0.25, 0.3) is 0 Å². The molecule has 3 nitrogen and oxygen atoms in total. The molecule has 0 atom stereocenters. The van der Waals surface area contributed by atoms with Gasteiger partial charge in [-0.3, -0.25) is 0 Å². The average Bonchev–Trinajstić information content (AvgIpc) is 2.35. The van der Waals surface area contributed by atoms with E-state index < -0.39 is 6.61 Å². The first-order valence-corrected chi connectivity index (χ1v) is 7.37. The molecule has 20 heavy (non-hydrogen) atoms. The van der Waals surface area contributed by atoms with Gasteiger partial charge in [0.25, 0.3) is 0 Å². The lowest BCUT2D eigenvalue weighted by molar-refractivity contribution is -0.0505. The van der Waals surface area contributed by atoms with Gasteiger partial charge in [0.05, 0.1) is 0 Å². The summed E-state index contributed by atoms with van der Waals surface area (Å²) in [5, 5.41) is 3.25. The highest BCUT2D eigenvalue weighted by Crippen LogP contribution is 2.24. The van der Waals surface area contributed by atoms with Crippen LogP contribution < -0.4 is 10.1 Å². The molecule has 0 aromatic heterocycles. The van der Waals surface area contributed by atoms with Gasteiger partial charge < -0.3 is 15.0 Å². The van der Waals surface area contributed by atoms with E-state index in [1.165, 1.54) is 0 Å². The Kier molecular flexibility index (Phi) is 8.02. The number of benzene rings is 1. The predicted molar refractivity (Wildman–Crippen MR) is 80.3 cm³/mol. The van der Waals surface area contributed by atoms with Gasteiger partial charge in [0.15, 0.2) is 0 Å². The number of alkyl halides is 2. The summed E-state index contributed by atoms with van der Waals surface area (Å²) in [4.78, 5) is 2.14. The Bertz CT molecular complexity index is 403. The Balaban J connectivity index is 2.40. The fourth-order valence-electron chi connectivity index (χ4n) is 1.80. The summed E-state index contributed by atoms with van der Waals surface area (Å²) in [5.74, 6) is 0.226. The topological polar surface area (TPSA) is 24.5 Å². The van der Waals surface area contributed by atoms with E-state index in [2.05, 4.69) is 30.9 Å². The number of ether oxygens (including phenoxy) is 1. The lowest BCUT2D eigenvalue weighted by atomic mass is 10.2. The molecule has 0 aliphatic heterocycles. The lowest BCUT2D eigenvalue weighted by Crippen LogP contribution is -2.18. The molecule has 0 heterocycles. The van der Waals surface area contributed by atoms with Gasteiger partial charge in [0, 0.05) is 16.6 Å². The normalized spacial score (nSPS) is 11.3. The van der Waals surface area contributed by atoms with Crippen molar-refractivity contribution in [2.75, 3.05) is 27.2 Å². The summed E-state index contributed by atoms with van der Waals surface area (Å²) in [6, 6.07) is 5.04. The van der Waals surface area contributed by atoms with Crippen molar-refractivity contribution >= 4 is 15.9 Å². The van der Waals surface area contributed by atoms with E-state index >= 15 is 0 Å². The van der Waals surface area contributed by atoms with Gasteiger partial charge in [-0.15, -0.1) is 0 Å². The molecule has 0 saturated carbocycles. The number of hydrogen-bond acceptors (Lipinski definition) is 3. The van der Waals surface area contributed by atoms with E-state index in [4.69, 9.17) is 0 Å². The quantitative estimate of drug-likeness (QED) is 0.690. The summed E-state index contributed by atoms with van der Waals surface area (Å²) in [6.07, 6.45) is 2.16. The van der Waals surface area contributed by atoms with Crippen molar-refractivity contribution in [2.45, 2.75) is 26.0 Å². The van der Waals surface area contributed by atoms with E-state index in [0.29, 0.717) is 6.54 Å². The van der Waals surface area contributed by atoms with Gasteiger partial charge in [-0.1, -0.05) is 15.9 Å². The van der Waals surface area contributed by atoms with Gasteiger partial charge in [0.2, 0.25) is 0 Å². The minimum absolute atomic E-state index is 0.226. The molecule has 1 aromatic carbocycles. The predicted octanol–water partition coefficient (Wildman–Crippen LogP) is 3.48. The second-order valence-electron chi connectivity index (χ2n) is 4.82. The monoisotopic (exact) mass is 350 g/mol. The smallest absolute Gasteiger partial charge is 0.387 e. The zero-order chi connectivity index (χ0) is 15.0. The molecule has 0 saturated heterocycles. The second kappa shape index (κ2) is 9.26. The van der Waals surface area contributed by atoms with E-state index in [1.54, 1.807) is 18.2 Å². The van der Waals surface area contributed by atoms with Crippen molar-refractivity contribution in [3.63, 3.8) is 0 Å².